The van der Waals surface area contributed by atoms with E-state index >= 15 is 0 Å². The SMILES string of the molecule is CC/C=C\C/C=C\C/C=C\C(CCCCCCCCC(=O)NCC(=O)NC(CO)C(=O)O)OC(=O)CCCCCCC/C=C\C/C=C\CCCCCC. The van der Waals surface area contributed by atoms with Crippen molar-refractivity contribution in [2.75, 3.05) is 13.2 Å². The lowest BCUT2D eigenvalue weighted by atomic mass is 10.1. The van der Waals surface area contributed by atoms with Crippen molar-refractivity contribution in [2.24, 2.45) is 0 Å². The Morgan fingerprint density at radius 3 is 1.74 bits per heavy atom. The summed E-state index contributed by atoms with van der Waals surface area (Å²) in [5, 5.41) is 22.5. The molecule has 0 aliphatic carbocycles. The lowest BCUT2D eigenvalue weighted by Gasteiger charge is -2.14. The van der Waals surface area contributed by atoms with Crippen LogP contribution < -0.4 is 10.6 Å². The van der Waals surface area contributed by atoms with Gasteiger partial charge in [0.05, 0.1) is 13.2 Å². The summed E-state index contributed by atoms with van der Waals surface area (Å²) >= 11 is 0. The van der Waals surface area contributed by atoms with Crippen molar-refractivity contribution >= 4 is 23.8 Å². The summed E-state index contributed by atoms with van der Waals surface area (Å²) in [4.78, 5) is 47.3. The summed E-state index contributed by atoms with van der Waals surface area (Å²) in [5.41, 5.74) is 0. The molecular formula is C44H74N2O7. The minimum Gasteiger partial charge on any atom is -0.480 e. The smallest absolute Gasteiger partial charge is 0.328 e. The normalized spacial score (nSPS) is 13.1. The molecule has 0 aromatic rings. The number of carboxylic acids is 1. The first-order valence-electron chi connectivity index (χ1n) is 20.7. The molecule has 0 bridgehead atoms. The third-order valence-electron chi connectivity index (χ3n) is 8.73. The third-order valence-corrected chi connectivity index (χ3v) is 8.73. The van der Waals surface area contributed by atoms with Crippen molar-refractivity contribution in [3.63, 3.8) is 0 Å². The number of carboxylic acid groups (broad SMARTS) is 1. The number of unbranched alkanes of at least 4 members (excludes halogenated alkanes) is 14. The highest BCUT2D eigenvalue weighted by atomic mass is 16.5. The van der Waals surface area contributed by atoms with Gasteiger partial charge in [-0.2, -0.15) is 0 Å². The molecule has 0 saturated heterocycles. The molecule has 0 aliphatic heterocycles. The van der Waals surface area contributed by atoms with Crippen LogP contribution in [0.25, 0.3) is 0 Å². The van der Waals surface area contributed by atoms with Crippen LogP contribution >= 0.6 is 0 Å². The zero-order valence-electron chi connectivity index (χ0n) is 33.2. The number of nitrogens with one attached hydrogen (secondary N) is 2. The van der Waals surface area contributed by atoms with E-state index in [1.807, 2.05) is 6.08 Å². The maximum atomic E-state index is 12.7. The molecule has 302 valence electrons. The van der Waals surface area contributed by atoms with Gasteiger partial charge in [0, 0.05) is 12.8 Å². The Kier molecular flexibility index (Phi) is 35.8. The Morgan fingerprint density at radius 1 is 0.604 bits per heavy atom. The van der Waals surface area contributed by atoms with Gasteiger partial charge in [-0.25, -0.2) is 4.79 Å². The number of allylic oxidation sites excluding steroid dienone is 9. The van der Waals surface area contributed by atoms with Crippen LogP contribution in [-0.2, 0) is 23.9 Å². The molecule has 9 heteroatoms. The molecule has 0 fully saturated rings. The molecule has 53 heavy (non-hydrogen) atoms. The average Bonchev–Trinajstić information content (AvgIpc) is 3.14. The Bertz CT molecular complexity index is 1080. The molecule has 0 rings (SSSR count). The van der Waals surface area contributed by atoms with Crippen molar-refractivity contribution in [2.45, 2.75) is 180 Å². The van der Waals surface area contributed by atoms with E-state index in [1.54, 1.807) is 0 Å². The fourth-order valence-electron chi connectivity index (χ4n) is 5.56. The highest BCUT2D eigenvalue weighted by Gasteiger charge is 2.18. The highest BCUT2D eigenvalue weighted by Crippen LogP contribution is 2.15. The van der Waals surface area contributed by atoms with Gasteiger partial charge in [-0.15, -0.1) is 0 Å². The van der Waals surface area contributed by atoms with Gasteiger partial charge in [0.1, 0.15) is 12.1 Å². The zero-order chi connectivity index (χ0) is 39.0. The molecule has 4 N–H and O–H groups in total. The van der Waals surface area contributed by atoms with Crippen LogP contribution in [0.1, 0.15) is 168 Å². The third kappa shape index (κ3) is 35.3. The van der Waals surface area contributed by atoms with Gasteiger partial charge in [-0.1, -0.05) is 133 Å². The first-order valence-corrected chi connectivity index (χ1v) is 20.7. The molecule has 9 nitrogen and oxygen atoms in total. The van der Waals surface area contributed by atoms with Gasteiger partial charge >= 0.3 is 11.9 Å². The Balaban J connectivity index is 4.30. The lowest BCUT2D eigenvalue weighted by Crippen LogP contribution is -2.47. The van der Waals surface area contributed by atoms with E-state index in [-0.39, 0.29) is 30.9 Å². The zero-order valence-corrected chi connectivity index (χ0v) is 33.2. The number of hydrogen-bond donors (Lipinski definition) is 4. The fourth-order valence-corrected chi connectivity index (χ4v) is 5.56. The highest BCUT2D eigenvalue weighted by molar-refractivity contribution is 5.87. The molecule has 0 saturated carbocycles. The average molecular weight is 743 g/mol. The van der Waals surface area contributed by atoms with E-state index < -0.39 is 24.5 Å². The quantitative estimate of drug-likeness (QED) is 0.0284. The van der Waals surface area contributed by atoms with Crippen LogP contribution in [-0.4, -0.2) is 59.3 Å². The number of esters is 1. The van der Waals surface area contributed by atoms with Crippen LogP contribution in [0.2, 0.25) is 0 Å². The molecule has 0 aliphatic rings. The Labute approximate surface area is 321 Å². The first kappa shape index (κ1) is 49.5. The number of aliphatic carboxylic acids is 1. The first-order chi connectivity index (χ1) is 25.8. The maximum Gasteiger partial charge on any atom is 0.328 e. The van der Waals surface area contributed by atoms with Gasteiger partial charge in [0.2, 0.25) is 11.8 Å². The van der Waals surface area contributed by atoms with Gasteiger partial charge < -0.3 is 25.6 Å². The summed E-state index contributed by atoms with van der Waals surface area (Å²) in [5.74, 6) is -2.38. The predicted molar refractivity (Wildman–Crippen MR) is 217 cm³/mol. The van der Waals surface area contributed by atoms with Gasteiger partial charge in [-0.05, 0) is 83.1 Å². The van der Waals surface area contributed by atoms with E-state index in [0.29, 0.717) is 12.8 Å². The van der Waals surface area contributed by atoms with Crippen LogP contribution in [0.5, 0.6) is 0 Å². The van der Waals surface area contributed by atoms with E-state index in [2.05, 4.69) is 79.2 Å². The summed E-state index contributed by atoms with van der Waals surface area (Å²) < 4.78 is 5.89. The van der Waals surface area contributed by atoms with Crippen LogP contribution in [0.4, 0.5) is 0 Å². The standard InChI is InChI=1S/C44H74N2O7/c1-3-5-7-9-11-13-14-15-16-17-18-19-20-22-28-32-36-43(50)53-39(33-29-25-21-12-10-8-6-4-2)34-30-26-23-24-27-31-35-41(48)45-37-42(49)46-40(38-47)44(51)52/h6,8,12-14,16-17,21,29,33,39-40,47H,3-5,7,9-11,15,18-20,22-28,30-32,34-38H2,1-2H3,(H,45,48)(H,46,49)(H,51,52)/b8-6-,14-13-,17-16-,21-12-,33-29-. The van der Waals surface area contributed by atoms with E-state index in [4.69, 9.17) is 14.9 Å². The van der Waals surface area contributed by atoms with Crippen LogP contribution in [0, 0.1) is 0 Å². The van der Waals surface area contributed by atoms with Crippen molar-refractivity contribution in [3.8, 4) is 0 Å². The summed E-state index contributed by atoms with van der Waals surface area (Å²) in [7, 11) is 0. The number of carbonyl (C=O) groups is 4. The van der Waals surface area contributed by atoms with Crippen LogP contribution in [0.15, 0.2) is 60.8 Å². The summed E-state index contributed by atoms with van der Waals surface area (Å²) in [6, 6.07) is -1.39. The monoisotopic (exact) mass is 743 g/mol. The van der Waals surface area contributed by atoms with Gasteiger partial charge in [0.15, 0.2) is 0 Å². The number of aliphatic hydroxyl groups excluding tert-OH is 1. The molecule has 2 atom stereocenters. The van der Waals surface area contributed by atoms with E-state index in [9.17, 15) is 19.2 Å². The molecule has 0 aromatic carbocycles. The Hall–Kier alpha value is -3.46. The van der Waals surface area contributed by atoms with Gasteiger partial charge in [-0.3, -0.25) is 14.4 Å². The second kappa shape index (κ2) is 38.3. The summed E-state index contributed by atoms with van der Waals surface area (Å²) in [6.45, 7) is 3.32. The second-order valence-electron chi connectivity index (χ2n) is 13.7. The molecule has 2 unspecified atom stereocenters. The summed E-state index contributed by atoms with van der Waals surface area (Å²) in [6.07, 6.45) is 45.6. The molecule has 2 amide bonds. The predicted octanol–water partition coefficient (Wildman–Crippen LogP) is 9.76. The number of ether oxygens (including phenoxy) is 1. The minimum atomic E-state index is -1.39. The number of hydrogen-bond acceptors (Lipinski definition) is 6. The van der Waals surface area contributed by atoms with Crippen molar-refractivity contribution in [3.05, 3.63) is 60.8 Å². The van der Waals surface area contributed by atoms with Crippen LogP contribution in [0.3, 0.4) is 0 Å². The van der Waals surface area contributed by atoms with E-state index in [1.165, 1.54) is 44.9 Å². The Morgan fingerprint density at radius 2 is 1.13 bits per heavy atom. The second-order valence-corrected chi connectivity index (χ2v) is 13.7. The molecule has 0 spiro atoms. The fraction of sp³-hybridized carbons (Fsp3) is 0.682. The molecule has 0 radical (unpaired) electrons. The van der Waals surface area contributed by atoms with Gasteiger partial charge in [0.25, 0.3) is 0 Å². The van der Waals surface area contributed by atoms with Crippen molar-refractivity contribution in [1.82, 2.24) is 10.6 Å². The number of rotatable bonds is 36. The number of aliphatic hydroxyl groups is 1. The maximum absolute atomic E-state index is 12.7. The van der Waals surface area contributed by atoms with E-state index in [0.717, 1.165) is 89.9 Å². The van der Waals surface area contributed by atoms with Crippen molar-refractivity contribution in [1.29, 1.82) is 0 Å². The topological polar surface area (TPSA) is 142 Å². The molecule has 0 aromatic heterocycles. The number of amides is 2. The minimum absolute atomic E-state index is 0.118. The number of carbonyl (C=O) groups excluding carboxylic acids is 3. The lowest BCUT2D eigenvalue weighted by molar-refractivity contribution is -0.147. The molecule has 0 heterocycles. The largest absolute Gasteiger partial charge is 0.480 e. The van der Waals surface area contributed by atoms with Crippen molar-refractivity contribution < 1.29 is 34.1 Å². The molecular weight excluding hydrogens is 668 g/mol.